The Kier molecular flexibility index (Phi) is 9.77. The van der Waals surface area contributed by atoms with E-state index >= 15 is 0 Å². The molecule has 0 radical (unpaired) electrons. The number of aliphatic hydroxyl groups excluding tert-OH is 1. The average molecular weight is 670 g/mol. The van der Waals surface area contributed by atoms with Crippen LogP contribution in [0.15, 0.2) is 11.1 Å². The van der Waals surface area contributed by atoms with Crippen LogP contribution in [-0.4, -0.2) is 53.2 Å². The highest BCUT2D eigenvalue weighted by Crippen LogP contribution is 2.77. The molecule has 5 rings (SSSR count). The fourth-order valence-electron chi connectivity index (χ4n) is 12.6. The number of carboxylic acids is 1. The van der Waals surface area contributed by atoms with Crippen LogP contribution in [0.4, 0.5) is 0 Å². The summed E-state index contributed by atoms with van der Waals surface area (Å²) in [7, 11) is 0. The molecule has 4 saturated carbocycles. The third-order valence-corrected chi connectivity index (χ3v) is 15.4. The van der Waals surface area contributed by atoms with Gasteiger partial charge in [0.15, 0.2) is 5.78 Å². The smallest absolute Gasteiger partial charge is 0.309 e. The molecule has 5 aliphatic carbocycles. The van der Waals surface area contributed by atoms with Crippen molar-refractivity contribution >= 4 is 17.7 Å². The van der Waals surface area contributed by atoms with E-state index in [2.05, 4.69) is 67.6 Å². The molecule has 7 heteroatoms. The molecule has 0 aliphatic heterocycles. The minimum Gasteiger partial charge on any atom is -0.481 e. The number of carbonyl (C=O) groups is 3. The Morgan fingerprint density at radius 1 is 0.896 bits per heavy atom. The third kappa shape index (κ3) is 5.64. The first kappa shape index (κ1) is 37.5. The van der Waals surface area contributed by atoms with Crippen LogP contribution in [-0.2, 0) is 19.1 Å². The molecule has 48 heavy (non-hydrogen) atoms. The Balaban J connectivity index is 1.44. The number of fused-ring (bicyclic) bond motifs is 7. The summed E-state index contributed by atoms with van der Waals surface area (Å²) in [6.07, 6.45) is 7.52. The van der Waals surface area contributed by atoms with Gasteiger partial charge in [0, 0.05) is 23.8 Å². The number of ketones is 1. The van der Waals surface area contributed by atoms with Gasteiger partial charge in [-0.2, -0.15) is 0 Å². The maximum atomic E-state index is 13.9. The molecule has 0 aromatic rings. The van der Waals surface area contributed by atoms with Crippen LogP contribution in [0, 0.1) is 62.1 Å². The van der Waals surface area contributed by atoms with Crippen molar-refractivity contribution in [2.75, 3.05) is 13.1 Å². The van der Waals surface area contributed by atoms with Crippen molar-refractivity contribution in [3.8, 4) is 0 Å². The molecule has 0 aromatic carbocycles. The summed E-state index contributed by atoms with van der Waals surface area (Å²) in [5.41, 5.74) is 0.687. The maximum absolute atomic E-state index is 13.9. The molecule has 0 spiro atoms. The standard InChI is InChI=1S/C41H67NO6/c1-24(2)22-42-23-30(44)41-19-18-39(10)26(34(41)33(25(3)4)27(43)20-41)12-13-29-38(9)16-15-31(48-32(45)21-36(5,6)35(46)47)37(7,8)28(38)14-17-40(29,39)11/h24-26,28-31,42,44H,12-23H2,1-11H3,(H,46,47). The monoisotopic (exact) mass is 669 g/mol. The van der Waals surface area contributed by atoms with Gasteiger partial charge in [0.25, 0.3) is 0 Å². The molecule has 0 amide bonds. The number of carbonyl (C=O) groups excluding carboxylic acids is 2. The van der Waals surface area contributed by atoms with Crippen LogP contribution in [0.2, 0.25) is 0 Å². The molecule has 7 nitrogen and oxygen atoms in total. The Bertz CT molecular complexity index is 1330. The molecule has 0 bridgehead atoms. The minimum absolute atomic E-state index is 0.0223. The number of hydrogen-bond donors (Lipinski definition) is 3. The van der Waals surface area contributed by atoms with Gasteiger partial charge in [-0.25, -0.2) is 0 Å². The first-order chi connectivity index (χ1) is 22.1. The summed E-state index contributed by atoms with van der Waals surface area (Å²) >= 11 is 0. The molecule has 4 fully saturated rings. The average Bonchev–Trinajstić information content (AvgIpc) is 3.27. The predicted octanol–water partition coefficient (Wildman–Crippen LogP) is 7.99. The summed E-state index contributed by atoms with van der Waals surface area (Å²) in [6, 6.07) is 0. The van der Waals surface area contributed by atoms with Crippen molar-refractivity contribution in [2.24, 2.45) is 62.1 Å². The molecule has 9 atom stereocenters. The molecular weight excluding hydrogens is 602 g/mol. The van der Waals surface area contributed by atoms with Crippen molar-refractivity contribution < 1.29 is 29.3 Å². The van der Waals surface area contributed by atoms with Crippen molar-refractivity contribution in [3.05, 3.63) is 11.1 Å². The van der Waals surface area contributed by atoms with Gasteiger partial charge in [-0.05, 0) is 123 Å². The number of ether oxygens (including phenoxy) is 1. The second-order valence-electron chi connectivity index (χ2n) is 19.6. The molecule has 0 heterocycles. The summed E-state index contributed by atoms with van der Waals surface area (Å²) in [4.78, 5) is 38.6. The van der Waals surface area contributed by atoms with E-state index in [0.29, 0.717) is 36.6 Å². The van der Waals surface area contributed by atoms with E-state index in [9.17, 15) is 24.6 Å². The zero-order valence-corrected chi connectivity index (χ0v) is 32.1. The quantitative estimate of drug-likeness (QED) is 0.202. The first-order valence-electron chi connectivity index (χ1n) is 19.2. The predicted molar refractivity (Wildman–Crippen MR) is 189 cm³/mol. The lowest BCUT2D eigenvalue weighted by molar-refractivity contribution is -0.235. The summed E-state index contributed by atoms with van der Waals surface area (Å²) in [6.45, 7) is 25.4. The number of nitrogens with one attached hydrogen (secondary N) is 1. The molecule has 0 aromatic heterocycles. The van der Waals surface area contributed by atoms with Gasteiger partial charge in [-0.1, -0.05) is 67.9 Å². The highest BCUT2D eigenvalue weighted by atomic mass is 16.5. The fourth-order valence-corrected chi connectivity index (χ4v) is 12.6. The van der Waals surface area contributed by atoms with Crippen molar-refractivity contribution in [2.45, 2.75) is 153 Å². The summed E-state index contributed by atoms with van der Waals surface area (Å²) in [5.74, 6) is 0.696. The number of hydrogen-bond acceptors (Lipinski definition) is 6. The van der Waals surface area contributed by atoms with Crippen molar-refractivity contribution in [1.29, 1.82) is 0 Å². The number of rotatable bonds is 10. The Morgan fingerprint density at radius 3 is 2.17 bits per heavy atom. The Hall–Kier alpha value is -1.73. The van der Waals surface area contributed by atoms with E-state index in [1.807, 2.05) is 0 Å². The minimum atomic E-state index is -1.15. The van der Waals surface area contributed by atoms with E-state index in [-0.39, 0.29) is 45.9 Å². The lowest BCUT2D eigenvalue weighted by Crippen LogP contribution is -2.66. The Labute approximate surface area is 290 Å². The second-order valence-corrected chi connectivity index (χ2v) is 19.6. The fraction of sp³-hybridized carbons (Fsp3) is 0.878. The zero-order valence-electron chi connectivity index (χ0n) is 32.1. The Morgan fingerprint density at radius 2 is 1.56 bits per heavy atom. The van der Waals surface area contributed by atoms with Gasteiger partial charge in [0.2, 0.25) is 0 Å². The van der Waals surface area contributed by atoms with Crippen LogP contribution < -0.4 is 5.32 Å². The molecule has 9 unspecified atom stereocenters. The molecule has 3 N–H and O–H groups in total. The van der Waals surface area contributed by atoms with Crippen LogP contribution in [0.25, 0.3) is 0 Å². The number of allylic oxidation sites excluding steroid dienone is 1. The van der Waals surface area contributed by atoms with Crippen LogP contribution in [0.1, 0.15) is 140 Å². The van der Waals surface area contributed by atoms with E-state index < -0.39 is 28.9 Å². The highest BCUT2D eigenvalue weighted by Gasteiger charge is 2.70. The molecule has 5 aliphatic rings. The van der Waals surface area contributed by atoms with Crippen LogP contribution in [0.5, 0.6) is 0 Å². The number of aliphatic hydroxyl groups is 1. The number of esters is 1. The van der Waals surface area contributed by atoms with E-state index in [1.54, 1.807) is 13.8 Å². The lowest BCUT2D eigenvalue weighted by atomic mass is 9.33. The van der Waals surface area contributed by atoms with E-state index in [0.717, 1.165) is 63.5 Å². The molecule has 272 valence electrons. The van der Waals surface area contributed by atoms with Gasteiger partial charge in [-0.15, -0.1) is 0 Å². The van der Waals surface area contributed by atoms with Gasteiger partial charge < -0.3 is 20.3 Å². The van der Waals surface area contributed by atoms with E-state index in [1.165, 1.54) is 5.57 Å². The number of aliphatic carboxylic acids is 1. The maximum Gasteiger partial charge on any atom is 0.309 e. The van der Waals surface area contributed by atoms with E-state index in [4.69, 9.17) is 4.74 Å². The lowest BCUT2D eigenvalue weighted by Gasteiger charge is -2.72. The molecular formula is C41H67NO6. The normalized spacial score (nSPS) is 39.8. The number of Topliss-reactive ketones (excluding diaryl/α,β-unsaturated/α-hetero) is 1. The second kappa shape index (κ2) is 12.5. The summed E-state index contributed by atoms with van der Waals surface area (Å²) < 4.78 is 6.15. The largest absolute Gasteiger partial charge is 0.481 e. The molecule has 0 saturated heterocycles. The van der Waals surface area contributed by atoms with Gasteiger partial charge in [-0.3, -0.25) is 14.4 Å². The van der Waals surface area contributed by atoms with Gasteiger partial charge in [0.1, 0.15) is 6.10 Å². The van der Waals surface area contributed by atoms with Crippen LogP contribution in [0.3, 0.4) is 0 Å². The van der Waals surface area contributed by atoms with Crippen molar-refractivity contribution in [3.63, 3.8) is 0 Å². The van der Waals surface area contributed by atoms with Crippen molar-refractivity contribution in [1.82, 2.24) is 5.32 Å². The summed E-state index contributed by atoms with van der Waals surface area (Å²) in [5, 5.41) is 25.0. The van der Waals surface area contributed by atoms with Gasteiger partial charge >= 0.3 is 11.9 Å². The number of carboxylic acid groups (broad SMARTS) is 1. The topological polar surface area (TPSA) is 113 Å². The SMILES string of the molecule is CC(C)CNCC(O)C12CCC3(C)C(CCC4C5(C)CCC(OC(=O)CC(C)(C)C(=O)O)C(C)(C)C5CCC43C)C1=C(C(C)C)C(=O)C2. The zero-order chi connectivity index (χ0) is 35.8. The first-order valence-corrected chi connectivity index (χ1v) is 19.2. The third-order valence-electron chi connectivity index (χ3n) is 15.4. The van der Waals surface area contributed by atoms with Crippen LogP contribution >= 0.6 is 0 Å². The highest BCUT2D eigenvalue weighted by molar-refractivity contribution is 6.00. The van der Waals surface area contributed by atoms with Gasteiger partial charge in [0.05, 0.1) is 17.9 Å².